The van der Waals surface area contributed by atoms with Crippen LogP contribution in [0.25, 0.3) is 6.08 Å². The average molecular weight is 436 g/mol. The van der Waals surface area contributed by atoms with Crippen LogP contribution < -0.4 is 0 Å². The van der Waals surface area contributed by atoms with Crippen LogP contribution in [0.1, 0.15) is 15.9 Å². The number of pyridine rings is 1. The molecule has 0 atom stereocenters. The molecule has 136 valence electrons. The molecule has 26 heavy (non-hydrogen) atoms. The van der Waals surface area contributed by atoms with Crippen LogP contribution in [0, 0.1) is 0 Å². The summed E-state index contributed by atoms with van der Waals surface area (Å²) >= 11 is 3.30. The minimum atomic E-state index is -3.51. The van der Waals surface area contributed by atoms with E-state index in [1.807, 2.05) is 30.3 Å². The molecular weight excluding hydrogens is 418 g/mol. The number of amides is 1. The highest BCUT2D eigenvalue weighted by molar-refractivity contribution is 9.10. The lowest BCUT2D eigenvalue weighted by Gasteiger charge is -2.33. The first kappa shape index (κ1) is 18.8. The molecule has 0 bridgehead atoms. The predicted octanol–water partition coefficient (Wildman–Crippen LogP) is 2.60. The van der Waals surface area contributed by atoms with Crippen LogP contribution in [-0.4, -0.2) is 54.7 Å². The zero-order valence-corrected chi connectivity index (χ0v) is 16.4. The molecule has 1 aliphatic rings. The van der Waals surface area contributed by atoms with E-state index >= 15 is 0 Å². The van der Waals surface area contributed by atoms with Crippen LogP contribution in [0.3, 0.4) is 0 Å². The van der Waals surface area contributed by atoms with Gasteiger partial charge in [-0.05, 0) is 33.6 Å². The summed E-state index contributed by atoms with van der Waals surface area (Å²) in [5.74, 6) is -0.143. The second-order valence-electron chi connectivity index (χ2n) is 5.84. The molecule has 8 heteroatoms. The Labute approximate surface area is 161 Å². The summed E-state index contributed by atoms with van der Waals surface area (Å²) in [6.07, 6.45) is 4.71. The Bertz CT molecular complexity index is 908. The first-order chi connectivity index (χ1) is 12.5. The maximum Gasteiger partial charge on any atom is 0.255 e. The number of sulfonamides is 1. The highest BCUT2D eigenvalue weighted by atomic mass is 79.9. The fourth-order valence-corrected chi connectivity index (χ4v) is 4.21. The second kappa shape index (κ2) is 8.11. The van der Waals surface area contributed by atoms with Crippen molar-refractivity contribution in [3.63, 3.8) is 0 Å². The molecule has 2 aromatic rings. The van der Waals surface area contributed by atoms with E-state index < -0.39 is 10.0 Å². The molecule has 0 spiro atoms. The van der Waals surface area contributed by atoms with Crippen molar-refractivity contribution in [1.82, 2.24) is 14.2 Å². The number of piperazine rings is 1. The van der Waals surface area contributed by atoms with E-state index in [0.29, 0.717) is 18.7 Å². The van der Waals surface area contributed by atoms with E-state index in [2.05, 4.69) is 20.9 Å². The molecule has 0 N–H and O–H groups in total. The van der Waals surface area contributed by atoms with Crippen molar-refractivity contribution in [2.75, 3.05) is 26.2 Å². The zero-order valence-electron chi connectivity index (χ0n) is 14.0. The van der Waals surface area contributed by atoms with Gasteiger partial charge in [0.1, 0.15) is 0 Å². The third-order valence-electron chi connectivity index (χ3n) is 4.07. The predicted molar refractivity (Wildman–Crippen MR) is 104 cm³/mol. The van der Waals surface area contributed by atoms with Crippen molar-refractivity contribution < 1.29 is 13.2 Å². The van der Waals surface area contributed by atoms with Gasteiger partial charge in [0.05, 0.1) is 5.56 Å². The third kappa shape index (κ3) is 4.57. The number of halogens is 1. The molecule has 1 aromatic carbocycles. The summed E-state index contributed by atoms with van der Waals surface area (Å²) in [4.78, 5) is 18.1. The van der Waals surface area contributed by atoms with E-state index in [4.69, 9.17) is 0 Å². The minimum absolute atomic E-state index is 0.143. The van der Waals surface area contributed by atoms with E-state index in [1.54, 1.807) is 23.2 Å². The summed E-state index contributed by atoms with van der Waals surface area (Å²) in [5.41, 5.74) is 1.31. The number of carbonyl (C=O) groups is 1. The van der Waals surface area contributed by atoms with Crippen molar-refractivity contribution in [2.45, 2.75) is 0 Å². The maximum absolute atomic E-state index is 12.5. The molecule has 0 saturated carbocycles. The standard InChI is InChI=1S/C18H18BrN3O3S/c19-17-12-16(13-20-14-17)18(23)21-7-9-22(10-8-21)26(24,25)11-6-15-4-2-1-3-5-15/h1-6,11-14H,7-10H2/b11-6+. The van der Waals surface area contributed by atoms with Crippen LogP contribution in [0.2, 0.25) is 0 Å². The number of hydrogen-bond donors (Lipinski definition) is 0. The summed E-state index contributed by atoms with van der Waals surface area (Å²) in [6.45, 7) is 1.25. The number of hydrogen-bond acceptors (Lipinski definition) is 4. The molecule has 0 aliphatic carbocycles. The lowest BCUT2D eigenvalue weighted by atomic mass is 10.2. The van der Waals surface area contributed by atoms with Crippen molar-refractivity contribution in [2.24, 2.45) is 0 Å². The van der Waals surface area contributed by atoms with Gasteiger partial charge in [-0.1, -0.05) is 30.3 Å². The van der Waals surface area contributed by atoms with Gasteiger partial charge in [0, 0.05) is 48.5 Å². The number of benzene rings is 1. The molecule has 2 heterocycles. The zero-order chi connectivity index (χ0) is 18.6. The monoisotopic (exact) mass is 435 g/mol. The van der Waals surface area contributed by atoms with Crippen LogP contribution in [0.4, 0.5) is 0 Å². The van der Waals surface area contributed by atoms with Crippen LogP contribution in [0.15, 0.2) is 58.7 Å². The van der Waals surface area contributed by atoms with Gasteiger partial charge in [-0.3, -0.25) is 9.78 Å². The molecule has 0 unspecified atom stereocenters. The van der Waals surface area contributed by atoms with Crippen molar-refractivity contribution in [3.05, 3.63) is 69.8 Å². The molecule has 0 radical (unpaired) electrons. The van der Waals surface area contributed by atoms with Crippen LogP contribution in [0.5, 0.6) is 0 Å². The molecule has 1 fully saturated rings. The Hall–Kier alpha value is -2.03. The topological polar surface area (TPSA) is 70.6 Å². The van der Waals surface area contributed by atoms with Crippen LogP contribution >= 0.6 is 15.9 Å². The van der Waals surface area contributed by atoms with E-state index in [-0.39, 0.29) is 19.0 Å². The molecular formula is C18H18BrN3O3S. The molecule has 1 aromatic heterocycles. The lowest BCUT2D eigenvalue weighted by Crippen LogP contribution is -2.50. The molecule has 3 rings (SSSR count). The fraction of sp³-hybridized carbons (Fsp3) is 0.222. The van der Waals surface area contributed by atoms with Gasteiger partial charge in [-0.25, -0.2) is 8.42 Å². The second-order valence-corrected chi connectivity index (χ2v) is 8.58. The number of aromatic nitrogens is 1. The number of rotatable bonds is 4. The number of carbonyl (C=O) groups excluding carboxylic acids is 1. The largest absolute Gasteiger partial charge is 0.336 e. The van der Waals surface area contributed by atoms with Gasteiger partial charge in [0.25, 0.3) is 5.91 Å². The quantitative estimate of drug-likeness (QED) is 0.739. The van der Waals surface area contributed by atoms with E-state index in [0.717, 1.165) is 10.0 Å². The molecule has 1 amide bonds. The van der Waals surface area contributed by atoms with Crippen molar-refractivity contribution >= 4 is 37.9 Å². The Morgan fingerprint density at radius 1 is 1.08 bits per heavy atom. The minimum Gasteiger partial charge on any atom is -0.336 e. The fourth-order valence-electron chi connectivity index (χ4n) is 2.67. The van der Waals surface area contributed by atoms with Crippen LogP contribution in [-0.2, 0) is 10.0 Å². The summed E-state index contributed by atoms with van der Waals surface area (Å²) in [5, 5.41) is 1.22. The van der Waals surface area contributed by atoms with Gasteiger partial charge >= 0.3 is 0 Å². The molecule has 1 saturated heterocycles. The van der Waals surface area contributed by atoms with Crippen molar-refractivity contribution in [1.29, 1.82) is 0 Å². The third-order valence-corrected chi connectivity index (χ3v) is 6.07. The smallest absolute Gasteiger partial charge is 0.255 e. The normalized spacial score (nSPS) is 16.1. The Kier molecular flexibility index (Phi) is 5.85. The molecule has 6 nitrogen and oxygen atoms in total. The maximum atomic E-state index is 12.5. The Balaban J connectivity index is 1.62. The highest BCUT2D eigenvalue weighted by Gasteiger charge is 2.27. The average Bonchev–Trinajstić information content (AvgIpc) is 2.67. The lowest BCUT2D eigenvalue weighted by molar-refractivity contribution is 0.0698. The summed E-state index contributed by atoms with van der Waals surface area (Å²) < 4.78 is 27.1. The van der Waals surface area contributed by atoms with Gasteiger partial charge in [-0.2, -0.15) is 4.31 Å². The first-order valence-corrected chi connectivity index (χ1v) is 10.4. The molecule has 1 aliphatic heterocycles. The van der Waals surface area contributed by atoms with Gasteiger partial charge in [0.15, 0.2) is 0 Å². The first-order valence-electron chi connectivity index (χ1n) is 8.09. The van der Waals surface area contributed by atoms with Gasteiger partial charge in [-0.15, -0.1) is 0 Å². The van der Waals surface area contributed by atoms with Crippen molar-refractivity contribution in [3.8, 4) is 0 Å². The Morgan fingerprint density at radius 3 is 2.42 bits per heavy atom. The van der Waals surface area contributed by atoms with Gasteiger partial charge < -0.3 is 4.90 Å². The highest BCUT2D eigenvalue weighted by Crippen LogP contribution is 2.15. The summed E-state index contributed by atoms with van der Waals surface area (Å²) in [6, 6.07) is 11.0. The number of nitrogens with zero attached hydrogens (tertiary/aromatic N) is 3. The van der Waals surface area contributed by atoms with E-state index in [1.165, 1.54) is 15.9 Å². The SMILES string of the molecule is O=C(c1cncc(Br)c1)N1CCN(S(=O)(=O)/C=C/c2ccccc2)CC1. The summed E-state index contributed by atoms with van der Waals surface area (Å²) in [7, 11) is -3.51. The van der Waals surface area contributed by atoms with Gasteiger partial charge in [0.2, 0.25) is 10.0 Å². The Morgan fingerprint density at radius 2 is 1.77 bits per heavy atom. The van der Waals surface area contributed by atoms with E-state index in [9.17, 15) is 13.2 Å².